The number of nitrogens with zero attached hydrogens (tertiary/aromatic N) is 2. The number of carbonyl (C=O) groups excluding carboxylic acids is 1. The molecule has 21 heavy (non-hydrogen) atoms. The normalized spacial score (nSPS) is 19.9. The number of carbonyl (C=O) groups is 1. The summed E-state index contributed by atoms with van der Waals surface area (Å²) in [6.45, 7) is 5.00. The van der Waals surface area contributed by atoms with Crippen molar-refractivity contribution >= 4 is 11.6 Å². The zero-order valence-electron chi connectivity index (χ0n) is 12.1. The van der Waals surface area contributed by atoms with E-state index in [1.54, 1.807) is 26.0 Å². The number of hydrogen-bond acceptors (Lipinski definition) is 5. The molecule has 1 aliphatic heterocycles. The molecule has 2 N–H and O–H groups in total. The number of aliphatic hydroxyl groups excluding tert-OH is 1. The van der Waals surface area contributed by atoms with Crippen molar-refractivity contribution in [2.75, 3.05) is 19.6 Å². The Morgan fingerprint density at radius 3 is 2.90 bits per heavy atom. The zero-order valence-corrected chi connectivity index (χ0v) is 12.1. The van der Waals surface area contributed by atoms with Crippen molar-refractivity contribution in [3.05, 3.63) is 39.9 Å². The molecule has 1 aliphatic rings. The van der Waals surface area contributed by atoms with E-state index in [1.165, 1.54) is 12.1 Å². The molecular formula is C14H19N3O4. The van der Waals surface area contributed by atoms with Crippen LogP contribution in [-0.4, -0.2) is 46.0 Å². The quantitative estimate of drug-likeness (QED) is 0.633. The largest absolute Gasteiger partial charge is 0.387 e. The minimum atomic E-state index is -0.880. The number of nitro groups is 1. The molecule has 1 unspecified atom stereocenters. The van der Waals surface area contributed by atoms with Gasteiger partial charge < -0.3 is 10.4 Å². The second-order valence-corrected chi connectivity index (χ2v) is 5.63. The van der Waals surface area contributed by atoms with Gasteiger partial charge in [-0.1, -0.05) is 12.1 Å². The summed E-state index contributed by atoms with van der Waals surface area (Å²) in [4.78, 5) is 24.0. The molecule has 0 aliphatic carbocycles. The molecule has 1 heterocycles. The van der Waals surface area contributed by atoms with Crippen LogP contribution in [0, 0.1) is 10.1 Å². The van der Waals surface area contributed by atoms with Gasteiger partial charge >= 0.3 is 0 Å². The first kappa shape index (κ1) is 15.4. The molecule has 1 aromatic carbocycles. The van der Waals surface area contributed by atoms with Crippen LogP contribution < -0.4 is 5.32 Å². The van der Waals surface area contributed by atoms with Gasteiger partial charge in [-0.05, 0) is 19.4 Å². The fraction of sp³-hybridized carbons (Fsp3) is 0.500. The maximum atomic E-state index is 11.9. The highest BCUT2D eigenvalue weighted by molar-refractivity contribution is 5.86. The van der Waals surface area contributed by atoms with Crippen LogP contribution >= 0.6 is 0 Å². The third kappa shape index (κ3) is 3.20. The zero-order chi connectivity index (χ0) is 15.6. The van der Waals surface area contributed by atoms with Crippen molar-refractivity contribution in [1.82, 2.24) is 10.2 Å². The monoisotopic (exact) mass is 293 g/mol. The van der Waals surface area contributed by atoms with Gasteiger partial charge in [0.2, 0.25) is 5.91 Å². The second kappa shape index (κ2) is 5.79. The molecule has 114 valence electrons. The number of benzene rings is 1. The van der Waals surface area contributed by atoms with Gasteiger partial charge in [-0.3, -0.25) is 19.8 Å². The van der Waals surface area contributed by atoms with Crippen LogP contribution in [0.25, 0.3) is 0 Å². The summed E-state index contributed by atoms with van der Waals surface area (Å²) in [6, 6.07) is 5.94. The van der Waals surface area contributed by atoms with Gasteiger partial charge in [0.05, 0.1) is 16.6 Å². The van der Waals surface area contributed by atoms with E-state index in [-0.39, 0.29) is 18.1 Å². The summed E-state index contributed by atoms with van der Waals surface area (Å²) in [5.41, 5.74) is -0.284. The first-order valence-electron chi connectivity index (χ1n) is 6.78. The topological polar surface area (TPSA) is 95.7 Å². The number of amides is 1. The maximum absolute atomic E-state index is 11.9. The summed E-state index contributed by atoms with van der Waals surface area (Å²) in [5, 5.41) is 23.9. The lowest BCUT2D eigenvalue weighted by Crippen LogP contribution is -2.62. The Hall–Kier alpha value is -1.99. The number of piperazine rings is 1. The summed E-state index contributed by atoms with van der Waals surface area (Å²) in [6.07, 6.45) is -0.880. The highest BCUT2D eigenvalue weighted by Gasteiger charge is 2.38. The van der Waals surface area contributed by atoms with Crippen LogP contribution in [0.2, 0.25) is 0 Å². The Morgan fingerprint density at radius 2 is 2.24 bits per heavy atom. The summed E-state index contributed by atoms with van der Waals surface area (Å²) < 4.78 is 0. The molecule has 1 fully saturated rings. The molecule has 7 nitrogen and oxygen atoms in total. The van der Waals surface area contributed by atoms with Crippen LogP contribution in [0.4, 0.5) is 5.69 Å². The SMILES string of the molecule is CC1(C)C(=O)NCCN1CC(O)c1cccc([N+](=O)[O-])c1. The predicted octanol–water partition coefficient (Wildman–Crippen LogP) is 0.839. The van der Waals surface area contributed by atoms with Gasteiger partial charge in [-0.15, -0.1) is 0 Å². The van der Waals surface area contributed by atoms with E-state index >= 15 is 0 Å². The molecule has 2 rings (SSSR count). The van der Waals surface area contributed by atoms with E-state index in [1.807, 2.05) is 4.90 Å². The minimum absolute atomic E-state index is 0.0535. The summed E-state index contributed by atoms with van der Waals surface area (Å²) >= 11 is 0. The van der Waals surface area contributed by atoms with E-state index in [0.717, 1.165) is 0 Å². The molecule has 0 radical (unpaired) electrons. The van der Waals surface area contributed by atoms with Crippen LogP contribution in [0.1, 0.15) is 25.5 Å². The van der Waals surface area contributed by atoms with Crippen LogP contribution in [0.5, 0.6) is 0 Å². The van der Waals surface area contributed by atoms with E-state index < -0.39 is 16.6 Å². The molecule has 0 bridgehead atoms. The molecule has 1 aromatic rings. The van der Waals surface area contributed by atoms with Gasteiger partial charge in [0.15, 0.2) is 0 Å². The fourth-order valence-electron chi connectivity index (χ4n) is 2.42. The second-order valence-electron chi connectivity index (χ2n) is 5.63. The molecule has 1 saturated heterocycles. The Balaban J connectivity index is 2.14. The van der Waals surface area contributed by atoms with Gasteiger partial charge in [0.1, 0.15) is 0 Å². The third-order valence-electron chi connectivity index (χ3n) is 3.87. The van der Waals surface area contributed by atoms with Crippen LogP contribution in [0.15, 0.2) is 24.3 Å². The minimum Gasteiger partial charge on any atom is -0.387 e. The first-order chi connectivity index (χ1) is 9.82. The van der Waals surface area contributed by atoms with Crippen molar-refractivity contribution in [3.8, 4) is 0 Å². The number of rotatable bonds is 4. The van der Waals surface area contributed by atoms with Gasteiger partial charge in [0, 0.05) is 31.8 Å². The smallest absolute Gasteiger partial charge is 0.269 e. The molecule has 1 atom stereocenters. The Labute approximate surface area is 122 Å². The highest BCUT2D eigenvalue weighted by Crippen LogP contribution is 2.24. The van der Waals surface area contributed by atoms with Crippen molar-refractivity contribution in [2.45, 2.75) is 25.5 Å². The number of non-ortho nitro benzene ring substituents is 1. The van der Waals surface area contributed by atoms with Crippen LogP contribution in [0.3, 0.4) is 0 Å². The van der Waals surface area contributed by atoms with Crippen molar-refractivity contribution < 1.29 is 14.8 Å². The third-order valence-corrected chi connectivity index (χ3v) is 3.87. The summed E-state index contributed by atoms with van der Waals surface area (Å²) in [7, 11) is 0. The van der Waals surface area contributed by atoms with E-state index in [9.17, 15) is 20.0 Å². The highest BCUT2D eigenvalue weighted by atomic mass is 16.6. The Kier molecular flexibility index (Phi) is 4.24. The van der Waals surface area contributed by atoms with Gasteiger partial charge in [0.25, 0.3) is 5.69 Å². The molecular weight excluding hydrogens is 274 g/mol. The molecule has 0 aromatic heterocycles. The van der Waals surface area contributed by atoms with E-state index in [0.29, 0.717) is 18.7 Å². The average molecular weight is 293 g/mol. The number of aliphatic hydroxyl groups is 1. The summed E-state index contributed by atoms with van der Waals surface area (Å²) in [5.74, 6) is -0.0833. The van der Waals surface area contributed by atoms with Gasteiger partial charge in [-0.2, -0.15) is 0 Å². The maximum Gasteiger partial charge on any atom is 0.269 e. The van der Waals surface area contributed by atoms with Crippen LogP contribution in [-0.2, 0) is 4.79 Å². The fourth-order valence-corrected chi connectivity index (χ4v) is 2.42. The molecule has 0 saturated carbocycles. The number of hydrogen-bond donors (Lipinski definition) is 2. The molecule has 7 heteroatoms. The lowest BCUT2D eigenvalue weighted by Gasteiger charge is -2.42. The van der Waals surface area contributed by atoms with Gasteiger partial charge in [-0.25, -0.2) is 0 Å². The van der Waals surface area contributed by atoms with Crippen molar-refractivity contribution in [3.63, 3.8) is 0 Å². The van der Waals surface area contributed by atoms with E-state index in [4.69, 9.17) is 0 Å². The van der Waals surface area contributed by atoms with E-state index in [2.05, 4.69) is 5.32 Å². The standard InChI is InChI=1S/C14H19N3O4/c1-14(2)13(19)15-6-7-16(14)9-12(18)10-4-3-5-11(8-10)17(20)21/h3-5,8,12,18H,6-7,9H2,1-2H3,(H,15,19). The van der Waals surface area contributed by atoms with Crippen molar-refractivity contribution in [1.29, 1.82) is 0 Å². The lowest BCUT2D eigenvalue weighted by molar-refractivity contribution is -0.385. The average Bonchev–Trinajstić information content (AvgIpc) is 2.44. The Morgan fingerprint density at radius 1 is 1.52 bits per heavy atom. The lowest BCUT2D eigenvalue weighted by atomic mass is 9.97. The Bertz CT molecular complexity index is 559. The first-order valence-corrected chi connectivity index (χ1v) is 6.78. The predicted molar refractivity (Wildman–Crippen MR) is 76.7 cm³/mol. The molecule has 0 spiro atoms. The van der Waals surface area contributed by atoms with Crippen molar-refractivity contribution in [2.24, 2.45) is 0 Å². The number of nitrogens with one attached hydrogen (secondary N) is 1. The molecule has 1 amide bonds. The number of β-amino-alcohol motifs (C(OH)–C–C–N with tert-alkyl or cyclic N) is 1. The number of nitro benzene ring substituents is 1.